The number of allylic oxidation sites excluding steroid dienone is 2. The minimum Gasteiger partial charge on any atom is -0.393 e. The van der Waals surface area contributed by atoms with Gasteiger partial charge in [0.15, 0.2) is 0 Å². The van der Waals surface area contributed by atoms with Gasteiger partial charge in [0, 0.05) is 63.6 Å². The Morgan fingerprint density at radius 1 is 0.515 bits per heavy atom. The lowest BCUT2D eigenvalue weighted by Gasteiger charge is -2.22. The second kappa shape index (κ2) is 43.9. The molecule has 0 amide bonds. The first-order valence-electron chi connectivity index (χ1n) is 24.1. The maximum Gasteiger partial charge on any atom is 0.122 e. The van der Waals surface area contributed by atoms with Crippen molar-refractivity contribution in [2.24, 2.45) is 47.4 Å². The quantitative estimate of drug-likeness (QED) is 0.0861. The first kappa shape index (κ1) is 76.6. The van der Waals surface area contributed by atoms with Crippen molar-refractivity contribution in [1.29, 1.82) is 0 Å². The predicted octanol–water partition coefficient (Wildman–Crippen LogP) is 15.7. The third kappa shape index (κ3) is 98.9. The van der Waals surface area contributed by atoms with Crippen molar-refractivity contribution in [3.63, 3.8) is 0 Å². The molecule has 0 rings (SSSR count). The molecule has 0 saturated heterocycles. The molecule has 0 atom stereocenters. The van der Waals surface area contributed by atoms with E-state index in [2.05, 4.69) is 190 Å². The summed E-state index contributed by atoms with van der Waals surface area (Å²) in [5.74, 6) is 1.41. The van der Waals surface area contributed by atoms with Crippen molar-refractivity contribution in [3.05, 3.63) is 48.4 Å². The molecule has 0 radical (unpaired) electrons. The van der Waals surface area contributed by atoms with E-state index in [0.717, 1.165) is 53.0 Å². The zero-order valence-corrected chi connectivity index (χ0v) is 49.9. The Balaban J connectivity index is -0.000000125. The van der Waals surface area contributed by atoms with E-state index in [1.165, 1.54) is 16.9 Å². The number of nitrogens with zero attached hydrogens (tertiary/aromatic N) is 6. The highest BCUT2D eigenvalue weighted by molar-refractivity contribution is 5.80. The molecule has 390 valence electrons. The monoisotopic (exact) mass is 930 g/mol. The van der Waals surface area contributed by atoms with Gasteiger partial charge in [-0.15, -0.1) is 0 Å². The second-order valence-corrected chi connectivity index (χ2v) is 22.3. The molecule has 0 saturated carbocycles. The van der Waals surface area contributed by atoms with Crippen LogP contribution < -0.4 is 16.2 Å². The predicted molar refractivity (Wildman–Crippen MR) is 308 cm³/mol. The summed E-state index contributed by atoms with van der Waals surface area (Å²) in [6.45, 7) is 78.7. The molecular formula is C56H115N9O. The number of hydrogen-bond donors (Lipinski definition) is 3. The lowest BCUT2D eigenvalue weighted by molar-refractivity contribution is 0.0857. The third-order valence-corrected chi connectivity index (χ3v) is 6.39. The van der Waals surface area contributed by atoms with Gasteiger partial charge in [-0.2, -0.15) is 0 Å². The normalized spacial score (nSPS) is 10.2. The van der Waals surface area contributed by atoms with E-state index in [9.17, 15) is 0 Å². The van der Waals surface area contributed by atoms with Gasteiger partial charge in [0.05, 0.1) is 25.3 Å². The summed E-state index contributed by atoms with van der Waals surface area (Å²) in [5, 5.41) is 7.01. The molecule has 10 nitrogen and oxygen atoms in total. The number of hydrogen-bond acceptors (Lipinski definition) is 10. The highest BCUT2D eigenvalue weighted by Gasteiger charge is 2.13. The Labute approximate surface area is 413 Å². The van der Waals surface area contributed by atoms with E-state index in [-0.39, 0.29) is 22.6 Å². The summed E-state index contributed by atoms with van der Waals surface area (Å²) in [6, 6.07) is 0.463. The number of nitrogens with one attached hydrogen (secondary N) is 3. The van der Waals surface area contributed by atoms with Gasteiger partial charge in [-0.3, -0.25) is 25.0 Å². The molecule has 66 heavy (non-hydrogen) atoms. The summed E-state index contributed by atoms with van der Waals surface area (Å²) in [6.07, 6.45) is 2.45. The van der Waals surface area contributed by atoms with Crippen LogP contribution in [0.2, 0.25) is 0 Å². The maximum absolute atomic E-state index is 4.89. The molecule has 0 spiro atoms. The second-order valence-electron chi connectivity index (χ2n) is 22.3. The molecule has 0 aromatic rings. The molecular weight excluding hydrogens is 815 g/mol. The van der Waals surface area contributed by atoms with Gasteiger partial charge in [0.25, 0.3) is 0 Å². The largest absolute Gasteiger partial charge is 0.393 e. The number of rotatable bonds is 15. The SMILES string of the molecule is C=C(CN=C(C)C)C(C)(C)C.C=C(CN=C(C)C)NC(C)(C)C.C=C(CN=C(C)C)NNC(C)(C)C.CC(C)=CC(C)C.CC(C)=NC(C)C.CC(C)=NCC(C)C.CC(C)=NOC(C)C. The molecule has 0 aliphatic carbocycles. The fourth-order valence-electron chi connectivity index (χ4n) is 3.64. The molecule has 0 aromatic carbocycles. The number of oxime groups is 1. The van der Waals surface area contributed by atoms with E-state index in [1.54, 1.807) is 0 Å². The van der Waals surface area contributed by atoms with E-state index < -0.39 is 0 Å². The highest BCUT2D eigenvalue weighted by Crippen LogP contribution is 2.23. The van der Waals surface area contributed by atoms with Crippen molar-refractivity contribution in [3.8, 4) is 0 Å². The zero-order chi connectivity index (χ0) is 54.2. The van der Waals surface area contributed by atoms with Crippen LogP contribution in [0.5, 0.6) is 0 Å². The van der Waals surface area contributed by atoms with Crippen molar-refractivity contribution >= 4 is 34.3 Å². The highest BCUT2D eigenvalue weighted by atomic mass is 16.6. The summed E-state index contributed by atoms with van der Waals surface area (Å²) in [7, 11) is 0. The Hall–Kier alpha value is -3.66. The van der Waals surface area contributed by atoms with E-state index in [0.29, 0.717) is 31.0 Å². The minimum atomic E-state index is 0.0495. The zero-order valence-electron chi connectivity index (χ0n) is 49.9. The molecule has 0 aromatic heterocycles. The van der Waals surface area contributed by atoms with Gasteiger partial charge in [0.1, 0.15) is 6.10 Å². The average molecular weight is 931 g/mol. The van der Waals surface area contributed by atoms with Gasteiger partial charge in [0.2, 0.25) is 0 Å². The Kier molecular flexibility index (Phi) is 50.9. The molecule has 0 fully saturated rings. The Bertz CT molecular complexity index is 1410. The van der Waals surface area contributed by atoms with Gasteiger partial charge >= 0.3 is 0 Å². The topological polar surface area (TPSA) is 119 Å². The van der Waals surface area contributed by atoms with Crippen molar-refractivity contribution < 1.29 is 4.84 Å². The summed E-state index contributed by atoms with van der Waals surface area (Å²) in [4.78, 5) is 26.1. The van der Waals surface area contributed by atoms with Crippen molar-refractivity contribution in [2.75, 3.05) is 26.2 Å². The summed E-state index contributed by atoms with van der Waals surface area (Å²) in [5.41, 5.74) is 17.5. The van der Waals surface area contributed by atoms with Crippen LogP contribution in [0.1, 0.15) is 215 Å². The minimum absolute atomic E-state index is 0.0495. The Morgan fingerprint density at radius 2 is 0.909 bits per heavy atom. The summed E-state index contributed by atoms with van der Waals surface area (Å²) >= 11 is 0. The molecule has 10 heteroatoms. The van der Waals surface area contributed by atoms with Crippen LogP contribution in [0.3, 0.4) is 0 Å². The fourth-order valence-corrected chi connectivity index (χ4v) is 3.64. The van der Waals surface area contributed by atoms with E-state index in [1.807, 2.05) is 96.9 Å². The molecule has 0 heterocycles. The van der Waals surface area contributed by atoms with Crippen LogP contribution in [0.4, 0.5) is 0 Å². The van der Waals surface area contributed by atoms with Crippen molar-refractivity contribution in [2.45, 2.75) is 238 Å². The van der Waals surface area contributed by atoms with Gasteiger partial charge < -0.3 is 15.6 Å². The van der Waals surface area contributed by atoms with Crippen LogP contribution in [-0.4, -0.2) is 83.7 Å². The fraction of sp³-hybridized carbons (Fsp3) is 0.750. The van der Waals surface area contributed by atoms with E-state index >= 15 is 0 Å². The van der Waals surface area contributed by atoms with Gasteiger partial charge in [-0.25, -0.2) is 5.43 Å². The maximum atomic E-state index is 4.89. The molecule has 0 aliphatic rings. The number of hydrazine groups is 1. The molecule has 0 aliphatic heterocycles. The smallest absolute Gasteiger partial charge is 0.122 e. The molecule has 0 bridgehead atoms. The van der Waals surface area contributed by atoms with Gasteiger partial charge in [-0.05, 0) is 183 Å². The third-order valence-electron chi connectivity index (χ3n) is 6.39. The standard InChI is InChI=1S/C10H21N3.C10H20N2.C10H19N.C7H15N.C7H14.C6H13NO.C6H13N/c1-8(2)11-7-9(3)12-13-10(4,5)6;1-8(2)11-7-9(3)12-10(4,5)6;1-8(2)11-7-9(3)10(4,5)6;1-6(2)5-8-7(3)4;1-6(2)5-7(3)4;1-5(2)7-8-6(3)4;1-5(2)7-6(3)4/h12-13H,3,7H2,1-2,4-6H3;12H,3,7H2,1-2,4-6H3;3,7H2,1-2,4-6H3;6H,5H2,1-4H3;5-6H,1-4H3;6H,1-4H3;5H,1-4H3. The van der Waals surface area contributed by atoms with Crippen LogP contribution in [0.15, 0.2) is 78.5 Å². The molecule has 0 unspecified atom stereocenters. The van der Waals surface area contributed by atoms with Gasteiger partial charge in [-0.1, -0.05) is 90.6 Å². The first-order chi connectivity index (χ1) is 29.5. The van der Waals surface area contributed by atoms with Crippen LogP contribution >= 0.6 is 0 Å². The lowest BCUT2D eigenvalue weighted by atomic mass is 9.88. The van der Waals surface area contributed by atoms with Crippen LogP contribution in [0, 0.1) is 17.3 Å². The number of aliphatic imine (C=N–C) groups is 5. The van der Waals surface area contributed by atoms with Crippen LogP contribution in [-0.2, 0) is 4.84 Å². The molecule has 3 N–H and O–H groups in total. The lowest BCUT2D eigenvalue weighted by Crippen LogP contribution is -2.45. The first-order valence-corrected chi connectivity index (χ1v) is 24.1. The van der Waals surface area contributed by atoms with Crippen LogP contribution in [0.25, 0.3) is 0 Å². The summed E-state index contributed by atoms with van der Waals surface area (Å²) < 4.78 is 0. The van der Waals surface area contributed by atoms with Crippen molar-refractivity contribution in [1.82, 2.24) is 16.2 Å². The average Bonchev–Trinajstić information content (AvgIpc) is 3.08. The van der Waals surface area contributed by atoms with E-state index in [4.69, 9.17) is 4.84 Å². The Morgan fingerprint density at radius 3 is 1.11 bits per heavy atom.